The number of benzene rings is 1. The zero-order chi connectivity index (χ0) is 10.2. The van der Waals surface area contributed by atoms with Crippen molar-refractivity contribution in [1.29, 1.82) is 0 Å². The second-order valence-electron chi connectivity index (χ2n) is 2.78. The summed E-state index contributed by atoms with van der Waals surface area (Å²) in [6.45, 7) is 2.70. The molecule has 1 aromatic rings. The zero-order valence-electron chi connectivity index (χ0n) is 8.23. The van der Waals surface area contributed by atoms with Gasteiger partial charge < -0.3 is 4.74 Å². The molecule has 76 valence electrons. The van der Waals surface area contributed by atoms with Gasteiger partial charge >= 0.3 is 0 Å². The van der Waals surface area contributed by atoms with E-state index in [1.54, 1.807) is 0 Å². The van der Waals surface area contributed by atoms with E-state index in [0.717, 1.165) is 5.75 Å². The molecule has 0 amide bonds. The highest BCUT2D eigenvalue weighted by atomic mass is 32.2. The summed E-state index contributed by atoms with van der Waals surface area (Å²) in [4.78, 5) is 11.2. The fourth-order valence-electron chi connectivity index (χ4n) is 0.965. The highest BCUT2D eigenvalue weighted by molar-refractivity contribution is 8.13. The van der Waals surface area contributed by atoms with Gasteiger partial charge in [0, 0.05) is 12.4 Å². The molecule has 2 nitrogen and oxygen atoms in total. The lowest BCUT2D eigenvalue weighted by Crippen LogP contribution is -2.04. The Morgan fingerprint density at radius 3 is 2.71 bits per heavy atom. The van der Waals surface area contributed by atoms with Crippen LogP contribution in [0.15, 0.2) is 30.3 Å². The van der Waals surface area contributed by atoms with Crippen molar-refractivity contribution in [2.45, 2.75) is 12.7 Å². The van der Waals surface area contributed by atoms with Gasteiger partial charge in [-0.1, -0.05) is 42.1 Å². The predicted octanol–water partition coefficient (Wildman–Crippen LogP) is 2.48. The Labute approximate surface area is 88.7 Å². The second kappa shape index (κ2) is 6.62. The van der Waals surface area contributed by atoms with Crippen LogP contribution in [-0.4, -0.2) is 18.3 Å². The van der Waals surface area contributed by atoms with Crippen LogP contribution < -0.4 is 0 Å². The fraction of sp³-hybridized carbons (Fsp3) is 0.364. The summed E-state index contributed by atoms with van der Waals surface area (Å²) in [6, 6.07) is 9.95. The van der Waals surface area contributed by atoms with Gasteiger partial charge in [-0.3, -0.25) is 4.79 Å². The molecule has 0 spiro atoms. The summed E-state index contributed by atoms with van der Waals surface area (Å²) in [5, 5.41) is 0.0932. The summed E-state index contributed by atoms with van der Waals surface area (Å²) in [5.41, 5.74) is 1.17. The molecule has 0 aliphatic heterocycles. The van der Waals surface area contributed by atoms with Crippen LogP contribution in [0, 0.1) is 0 Å². The lowest BCUT2D eigenvalue weighted by molar-refractivity contribution is -0.114. The lowest BCUT2D eigenvalue weighted by atomic mass is 10.2. The molecular formula is C11H14O2S. The van der Waals surface area contributed by atoms with Gasteiger partial charge in [0.05, 0.1) is 0 Å². The molecule has 0 radical (unpaired) electrons. The maximum absolute atomic E-state index is 11.2. The van der Waals surface area contributed by atoms with Crippen molar-refractivity contribution >= 4 is 16.9 Å². The number of carbonyl (C=O) groups is 1. The summed E-state index contributed by atoms with van der Waals surface area (Å²) < 4.78 is 5.01. The van der Waals surface area contributed by atoms with Gasteiger partial charge in [0.15, 0.2) is 0 Å². The first-order valence-corrected chi connectivity index (χ1v) is 5.58. The van der Waals surface area contributed by atoms with Gasteiger partial charge in [0.1, 0.15) is 6.61 Å². The Kier molecular flexibility index (Phi) is 5.33. The molecule has 0 bridgehead atoms. The monoisotopic (exact) mass is 210 g/mol. The number of hydrogen-bond donors (Lipinski definition) is 0. The first kappa shape index (κ1) is 11.3. The van der Waals surface area contributed by atoms with Gasteiger partial charge in [-0.25, -0.2) is 0 Å². The molecular weight excluding hydrogens is 196 g/mol. The molecule has 0 fully saturated rings. The third-order valence-corrected chi connectivity index (χ3v) is 2.58. The van der Waals surface area contributed by atoms with Gasteiger partial charge in [0.25, 0.3) is 0 Å². The van der Waals surface area contributed by atoms with Crippen LogP contribution in [0.4, 0.5) is 0 Å². The molecule has 0 heterocycles. The van der Waals surface area contributed by atoms with Crippen LogP contribution in [0.2, 0.25) is 0 Å². The molecule has 1 aromatic carbocycles. The normalized spacial score (nSPS) is 10.1. The quantitative estimate of drug-likeness (QED) is 0.747. The van der Waals surface area contributed by atoms with Crippen LogP contribution in [-0.2, 0) is 15.3 Å². The SMILES string of the molecule is CCOCC(=O)SCc1ccccc1. The molecule has 0 atom stereocenters. The molecule has 0 saturated heterocycles. The standard InChI is InChI=1S/C11H14O2S/c1-2-13-8-11(12)14-9-10-6-4-3-5-7-10/h3-7H,2,8-9H2,1H3. The van der Waals surface area contributed by atoms with Gasteiger partial charge in [-0.05, 0) is 12.5 Å². The van der Waals surface area contributed by atoms with Crippen molar-refractivity contribution in [1.82, 2.24) is 0 Å². The molecule has 0 saturated carbocycles. The van der Waals surface area contributed by atoms with Gasteiger partial charge in [-0.15, -0.1) is 0 Å². The highest BCUT2D eigenvalue weighted by Crippen LogP contribution is 2.12. The summed E-state index contributed by atoms with van der Waals surface area (Å²) in [7, 11) is 0. The average Bonchev–Trinajstić information content (AvgIpc) is 2.25. The zero-order valence-corrected chi connectivity index (χ0v) is 9.05. The average molecular weight is 210 g/mol. The molecule has 0 aromatic heterocycles. The second-order valence-corrected chi connectivity index (χ2v) is 3.82. The van der Waals surface area contributed by atoms with Crippen LogP contribution in [0.5, 0.6) is 0 Å². The molecule has 1 rings (SSSR count). The fourth-order valence-corrected chi connectivity index (χ4v) is 1.65. The van der Waals surface area contributed by atoms with Crippen molar-refractivity contribution in [3.63, 3.8) is 0 Å². The molecule has 0 N–H and O–H groups in total. The first-order valence-electron chi connectivity index (χ1n) is 4.60. The van der Waals surface area contributed by atoms with Gasteiger partial charge in [0.2, 0.25) is 5.12 Å². The van der Waals surface area contributed by atoms with Crippen molar-refractivity contribution in [3.8, 4) is 0 Å². The Hall–Kier alpha value is -0.800. The number of hydrogen-bond acceptors (Lipinski definition) is 3. The van der Waals surface area contributed by atoms with E-state index < -0.39 is 0 Å². The van der Waals surface area contributed by atoms with Crippen LogP contribution in [0.1, 0.15) is 12.5 Å². The molecule has 0 aliphatic carbocycles. The minimum atomic E-state index is 0.0932. The van der Waals surface area contributed by atoms with Crippen molar-refractivity contribution in [2.75, 3.05) is 13.2 Å². The van der Waals surface area contributed by atoms with Crippen LogP contribution in [0.25, 0.3) is 0 Å². The smallest absolute Gasteiger partial charge is 0.214 e. The third kappa shape index (κ3) is 4.44. The van der Waals surface area contributed by atoms with E-state index >= 15 is 0 Å². The van der Waals surface area contributed by atoms with E-state index in [4.69, 9.17) is 4.74 Å². The van der Waals surface area contributed by atoms with Crippen LogP contribution >= 0.6 is 11.8 Å². The lowest BCUT2D eigenvalue weighted by Gasteiger charge is -2.00. The number of ether oxygens (including phenoxy) is 1. The van der Waals surface area contributed by atoms with E-state index in [1.807, 2.05) is 37.3 Å². The Balaban J connectivity index is 2.24. The van der Waals surface area contributed by atoms with Crippen LogP contribution in [0.3, 0.4) is 0 Å². The number of carbonyl (C=O) groups excluding carboxylic acids is 1. The predicted molar refractivity (Wildman–Crippen MR) is 59.2 cm³/mol. The molecule has 0 aliphatic rings. The summed E-state index contributed by atoms with van der Waals surface area (Å²) in [5.74, 6) is 0.729. The third-order valence-electron chi connectivity index (χ3n) is 1.67. The maximum atomic E-state index is 11.2. The van der Waals surface area contributed by atoms with Gasteiger partial charge in [-0.2, -0.15) is 0 Å². The van der Waals surface area contributed by atoms with E-state index in [1.165, 1.54) is 17.3 Å². The minimum absolute atomic E-state index is 0.0932. The maximum Gasteiger partial charge on any atom is 0.214 e. The summed E-state index contributed by atoms with van der Waals surface area (Å²) in [6.07, 6.45) is 0. The Morgan fingerprint density at radius 2 is 2.07 bits per heavy atom. The largest absolute Gasteiger partial charge is 0.373 e. The van der Waals surface area contributed by atoms with Crippen molar-refractivity contribution < 1.29 is 9.53 Å². The minimum Gasteiger partial charge on any atom is -0.373 e. The molecule has 0 unspecified atom stereocenters. The molecule has 14 heavy (non-hydrogen) atoms. The van der Waals surface area contributed by atoms with Crippen molar-refractivity contribution in [3.05, 3.63) is 35.9 Å². The first-order chi connectivity index (χ1) is 6.83. The van der Waals surface area contributed by atoms with E-state index in [9.17, 15) is 4.79 Å². The Morgan fingerprint density at radius 1 is 1.36 bits per heavy atom. The summed E-state index contributed by atoms with van der Waals surface area (Å²) >= 11 is 1.31. The van der Waals surface area contributed by atoms with E-state index in [-0.39, 0.29) is 11.7 Å². The molecule has 3 heteroatoms. The van der Waals surface area contributed by atoms with Crippen molar-refractivity contribution in [2.24, 2.45) is 0 Å². The van der Waals surface area contributed by atoms with E-state index in [0.29, 0.717) is 6.61 Å². The topological polar surface area (TPSA) is 26.3 Å². The Bertz CT molecular complexity index is 272. The number of rotatable bonds is 5. The number of thioether (sulfide) groups is 1. The highest BCUT2D eigenvalue weighted by Gasteiger charge is 2.02. The van der Waals surface area contributed by atoms with E-state index in [2.05, 4.69) is 0 Å².